The van der Waals surface area contributed by atoms with Gasteiger partial charge in [0.2, 0.25) is 10.0 Å². The second-order valence-electron chi connectivity index (χ2n) is 7.37. The van der Waals surface area contributed by atoms with Gasteiger partial charge < -0.3 is 0 Å². The predicted octanol–water partition coefficient (Wildman–Crippen LogP) is 2.43. The van der Waals surface area contributed by atoms with Crippen molar-refractivity contribution in [3.05, 3.63) is 35.1 Å². The lowest BCUT2D eigenvalue weighted by molar-refractivity contribution is 0.0104. The van der Waals surface area contributed by atoms with Crippen LogP contribution in [-0.2, 0) is 16.6 Å². The second-order valence-corrected chi connectivity index (χ2v) is 9.15. The molecule has 0 radical (unpaired) electrons. The summed E-state index contributed by atoms with van der Waals surface area (Å²) >= 11 is 0. The van der Waals surface area contributed by atoms with Gasteiger partial charge in [0.05, 0.1) is 6.26 Å². The van der Waals surface area contributed by atoms with Crippen LogP contribution in [0.15, 0.2) is 18.2 Å². The summed E-state index contributed by atoms with van der Waals surface area (Å²) in [6.07, 6.45) is 5.24. The van der Waals surface area contributed by atoms with Crippen LogP contribution in [0.4, 0.5) is 4.39 Å². The van der Waals surface area contributed by atoms with Gasteiger partial charge in [0, 0.05) is 18.2 Å². The van der Waals surface area contributed by atoms with E-state index in [0.717, 1.165) is 49.9 Å². The highest BCUT2D eigenvalue weighted by molar-refractivity contribution is 7.88. The highest BCUT2D eigenvalue weighted by Gasteiger charge is 2.46. The van der Waals surface area contributed by atoms with Gasteiger partial charge in [-0.2, -0.15) is 0 Å². The number of aryl methyl sites for hydroxylation is 1. The van der Waals surface area contributed by atoms with Crippen molar-refractivity contribution in [1.29, 1.82) is 0 Å². The summed E-state index contributed by atoms with van der Waals surface area (Å²) in [6, 6.07) is 5.37. The third-order valence-electron chi connectivity index (χ3n) is 5.25. The topological polar surface area (TPSA) is 49.4 Å². The van der Waals surface area contributed by atoms with Crippen molar-refractivity contribution in [2.24, 2.45) is 5.41 Å². The van der Waals surface area contributed by atoms with Crippen LogP contribution in [0.25, 0.3) is 0 Å². The Morgan fingerprint density at radius 3 is 2.57 bits per heavy atom. The molecule has 23 heavy (non-hydrogen) atoms. The summed E-state index contributed by atoms with van der Waals surface area (Å²) in [5.74, 6) is -0.128. The van der Waals surface area contributed by atoms with E-state index in [-0.39, 0.29) is 11.9 Å². The molecule has 1 aliphatic heterocycles. The van der Waals surface area contributed by atoms with Crippen molar-refractivity contribution in [1.82, 2.24) is 9.62 Å². The first-order valence-electron chi connectivity index (χ1n) is 8.19. The first kappa shape index (κ1) is 16.9. The molecular formula is C17H25FN2O2S. The summed E-state index contributed by atoms with van der Waals surface area (Å²) in [7, 11) is -3.10. The molecule has 1 saturated carbocycles. The molecule has 1 N–H and O–H groups in total. The lowest BCUT2D eigenvalue weighted by Crippen LogP contribution is -2.54. The molecule has 0 amide bonds. The Morgan fingerprint density at radius 1 is 1.30 bits per heavy atom. The van der Waals surface area contributed by atoms with Gasteiger partial charge in [0.1, 0.15) is 5.82 Å². The van der Waals surface area contributed by atoms with Gasteiger partial charge in [-0.15, -0.1) is 0 Å². The van der Waals surface area contributed by atoms with Crippen LogP contribution in [0, 0.1) is 18.2 Å². The van der Waals surface area contributed by atoms with E-state index in [1.165, 1.54) is 6.26 Å². The largest absolute Gasteiger partial charge is 0.299 e. The molecule has 0 aromatic heterocycles. The molecule has 1 saturated heterocycles. The standard InChI is InChI=1S/C17H25FN2O2S/c1-13-3-4-16(18)14(9-13)12-20-7-5-17(6-8-20)10-15(11-17)19-23(2,21)22/h3-4,9,15,19H,5-8,10-12H2,1-2H3. The Balaban J connectivity index is 1.51. The quantitative estimate of drug-likeness (QED) is 0.916. The number of nitrogens with one attached hydrogen (secondary N) is 1. The third kappa shape index (κ3) is 4.11. The Labute approximate surface area is 138 Å². The average Bonchev–Trinajstić information content (AvgIpc) is 2.42. The van der Waals surface area contributed by atoms with Crippen LogP contribution in [0.3, 0.4) is 0 Å². The van der Waals surface area contributed by atoms with Gasteiger partial charge in [0.25, 0.3) is 0 Å². The molecule has 1 aliphatic carbocycles. The van der Waals surface area contributed by atoms with E-state index in [2.05, 4.69) is 9.62 Å². The number of benzene rings is 1. The summed E-state index contributed by atoms with van der Waals surface area (Å²) in [5.41, 5.74) is 2.15. The minimum Gasteiger partial charge on any atom is -0.299 e. The van der Waals surface area contributed by atoms with Crippen LogP contribution in [0.2, 0.25) is 0 Å². The van der Waals surface area contributed by atoms with Gasteiger partial charge in [-0.05, 0) is 57.2 Å². The maximum atomic E-state index is 13.9. The van der Waals surface area contributed by atoms with E-state index >= 15 is 0 Å². The van der Waals surface area contributed by atoms with Crippen LogP contribution in [-0.4, -0.2) is 38.7 Å². The van der Waals surface area contributed by atoms with E-state index in [4.69, 9.17) is 0 Å². The Hall–Kier alpha value is -0.980. The lowest BCUT2D eigenvalue weighted by atomic mass is 9.60. The molecule has 0 atom stereocenters. The molecule has 1 heterocycles. The molecule has 2 aliphatic rings. The number of sulfonamides is 1. The third-order valence-corrected chi connectivity index (χ3v) is 6.01. The minimum absolute atomic E-state index is 0.103. The predicted molar refractivity (Wildman–Crippen MR) is 89.1 cm³/mol. The Kier molecular flexibility index (Phi) is 4.51. The Morgan fingerprint density at radius 2 is 1.96 bits per heavy atom. The molecular weight excluding hydrogens is 315 g/mol. The number of hydrogen-bond donors (Lipinski definition) is 1. The molecule has 2 fully saturated rings. The molecule has 0 bridgehead atoms. The van der Waals surface area contributed by atoms with E-state index in [1.54, 1.807) is 12.1 Å². The number of halogens is 1. The van der Waals surface area contributed by atoms with Gasteiger partial charge in [0.15, 0.2) is 0 Å². The molecule has 0 unspecified atom stereocenters. The van der Waals surface area contributed by atoms with E-state index < -0.39 is 10.0 Å². The van der Waals surface area contributed by atoms with E-state index in [9.17, 15) is 12.8 Å². The summed E-state index contributed by atoms with van der Waals surface area (Å²) in [6.45, 7) is 4.56. The minimum atomic E-state index is -3.10. The van der Waals surface area contributed by atoms with Gasteiger partial charge in [-0.1, -0.05) is 17.7 Å². The maximum absolute atomic E-state index is 13.9. The van der Waals surface area contributed by atoms with Crippen LogP contribution in [0.1, 0.15) is 36.8 Å². The second kappa shape index (κ2) is 6.15. The molecule has 6 heteroatoms. The zero-order valence-corrected chi connectivity index (χ0v) is 14.6. The molecule has 128 valence electrons. The molecule has 1 aromatic rings. The fourth-order valence-electron chi connectivity index (χ4n) is 4.03. The van der Waals surface area contributed by atoms with Gasteiger partial charge in [-0.25, -0.2) is 17.5 Å². The zero-order chi connectivity index (χ0) is 16.7. The fraction of sp³-hybridized carbons (Fsp3) is 0.647. The SMILES string of the molecule is Cc1ccc(F)c(CN2CCC3(CC2)CC(NS(C)(=O)=O)C3)c1. The monoisotopic (exact) mass is 340 g/mol. The van der Waals surface area contributed by atoms with Crippen LogP contribution >= 0.6 is 0 Å². The number of nitrogens with zero attached hydrogens (tertiary/aromatic N) is 1. The highest BCUT2D eigenvalue weighted by Crippen LogP contribution is 2.49. The first-order chi connectivity index (χ1) is 10.7. The first-order valence-corrected chi connectivity index (χ1v) is 10.1. The number of hydrogen-bond acceptors (Lipinski definition) is 3. The summed E-state index contributed by atoms with van der Waals surface area (Å²) < 4.78 is 39.1. The average molecular weight is 340 g/mol. The van der Waals surface area contributed by atoms with Crippen molar-refractivity contribution in [3.8, 4) is 0 Å². The molecule has 1 spiro atoms. The molecule has 1 aromatic carbocycles. The van der Waals surface area contributed by atoms with E-state index in [0.29, 0.717) is 12.0 Å². The zero-order valence-electron chi connectivity index (χ0n) is 13.8. The van der Waals surface area contributed by atoms with Crippen molar-refractivity contribution >= 4 is 10.0 Å². The van der Waals surface area contributed by atoms with E-state index in [1.807, 2.05) is 13.0 Å². The summed E-state index contributed by atoms with van der Waals surface area (Å²) in [4.78, 5) is 2.31. The van der Waals surface area contributed by atoms with Gasteiger partial charge in [-0.3, -0.25) is 4.90 Å². The molecule has 3 rings (SSSR count). The lowest BCUT2D eigenvalue weighted by Gasteiger charge is -2.52. The smallest absolute Gasteiger partial charge is 0.208 e. The number of piperidine rings is 1. The van der Waals surface area contributed by atoms with Gasteiger partial charge >= 0.3 is 0 Å². The fourth-order valence-corrected chi connectivity index (χ4v) is 4.80. The van der Waals surface area contributed by atoms with Crippen molar-refractivity contribution < 1.29 is 12.8 Å². The number of likely N-dealkylation sites (tertiary alicyclic amines) is 1. The number of rotatable bonds is 4. The van der Waals surface area contributed by atoms with Crippen LogP contribution < -0.4 is 4.72 Å². The van der Waals surface area contributed by atoms with Crippen molar-refractivity contribution in [2.45, 2.75) is 45.2 Å². The van der Waals surface area contributed by atoms with Crippen molar-refractivity contribution in [2.75, 3.05) is 19.3 Å². The van der Waals surface area contributed by atoms with Crippen LogP contribution in [0.5, 0.6) is 0 Å². The molecule has 4 nitrogen and oxygen atoms in total. The summed E-state index contributed by atoms with van der Waals surface area (Å²) in [5, 5.41) is 0. The Bertz CT molecular complexity index is 674. The maximum Gasteiger partial charge on any atom is 0.208 e. The van der Waals surface area contributed by atoms with Crippen molar-refractivity contribution in [3.63, 3.8) is 0 Å². The normalized spacial score (nSPS) is 22.2. The highest BCUT2D eigenvalue weighted by atomic mass is 32.2.